The summed E-state index contributed by atoms with van der Waals surface area (Å²) in [6.45, 7) is 1.69. The molecular formula is C15H17N3O3. The summed E-state index contributed by atoms with van der Waals surface area (Å²) in [7, 11) is 0. The molecule has 110 valence electrons. The maximum Gasteiger partial charge on any atom is 0.267 e. The topological polar surface area (TPSA) is 89.4 Å². The number of rotatable bonds is 4. The Hall–Kier alpha value is -2.63. The van der Waals surface area contributed by atoms with E-state index in [0.29, 0.717) is 31.1 Å². The zero-order valence-electron chi connectivity index (χ0n) is 11.5. The molecule has 2 aromatic rings. The molecular weight excluding hydrogens is 270 g/mol. The monoisotopic (exact) mass is 287 g/mol. The molecule has 3 rings (SSSR count). The van der Waals surface area contributed by atoms with Crippen molar-refractivity contribution in [3.05, 3.63) is 41.7 Å². The largest absolute Gasteiger partial charge is 0.486 e. The van der Waals surface area contributed by atoms with Crippen molar-refractivity contribution < 1.29 is 14.3 Å². The first kappa shape index (κ1) is 13.4. The first-order chi connectivity index (χ1) is 10.2. The van der Waals surface area contributed by atoms with Gasteiger partial charge in [-0.3, -0.25) is 4.79 Å². The van der Waals surface area contributed by atoms with E-state index >= 15 is 0 Å². The lowest BCUT2D eigenvalue weighted by molar-refractivity contribution is 0.0950. The van der Waals surface area contributed by atoms with Crippen LogP contribution in [0.1, 0.15) is 16.1 Å². The molecule has 21 heavy (non-hydrogen) atoms. The van der Waals surface area contributed by atoms with Gasteiger partial charge in [0.25, 0.3) is 5.91 Å². The lowest BCUT2D eigenvalue weighted by Gasteiger charge is -2.18. The van der Waals surface area contributed by atoms with Crippen LogP contribution >= 0.6 is 0 Å². The highest BCUT2D eigenvalue weighted by Gasteiger charge is 2.12. The van der Waals surface area contributed by atoms with Crippen LogP contribution in [0.4, 0.5) is 5.69 Å². The molecule has 2 heterocycles. The number of carbonyl (C=O) groups excluding carboxylic acids is 1. The highest BCUT2D eigenvalue weighted by molar-refractivity contribution is 5.93. The van der Waals surface area contributed by atoms with Crippen LogP contribution in [0.15, 0.2) is 30.5 Å². The van der Waals surface area contributed by atoms with E-state index in [2.05, 4.69) is 10.3 Å². The summed E-state index contributed by atoms with van der Waals surface area (Å²) >= 11 is 0. The van der Waals surface area contributed by atoms with E-state index in [1.807, 2.05) is 18.2 Å². The lowest BCUT2D eigenvalue weighted by Crippen LogP contribution is -2.26. The fraction of sp³-hybridized carbons (Fsp3) is 0.267. The van der Waals surface area contributed by atoms with Gasteiger partial charge in [-0.2, -0.15) is 0 Å². The predicted molar refractivity (Wildman–Crippen MR) is 78.7 cm³/mol. The average Bonchev–Trinajstić information content (AvgIpc) is 2.94. The second-order valence-corrected chi connectivity index (χ2v) is 4.83. The fourth-order valence-corrected chi connectivity index (χ4v) is 2.20. The van der Waals surface area contributed by atoms with Gasteiger partial charge >= 0.3 is 0 Å². The Morgan fingerprint density at radius 3 is 2.81 bits per heavy atom. The van der Waals surface area contributed by atoms with Gasteiger partial charge in [0.05, 0.1) is 0 Å². The minimum atomic E-state index is -0.163. The Morgan fingerprint density at radius 1 is 1.24 bits per heavy atom. The molecule has 0 fully saturated rings. The van der Waals surface area contributed by atoms with Gasteiger partial charge < -0.3 is 25.5 Å². The summed E-state index contributed by atoms with van der Waals surface area (Å²) in [6.07, 6.45) is 2.31. The molecule has 0 saturated carbocycles. The van der Waals surface area contributed by atoms with Crippen LogP contribution in [-0.2, 0) is 6.42 Å². The fourth-order valence-electron chi connectivity index (χ4n) is 2.20. The molecule has 6 heteroatoms. The number of H-pyrrole nitrogens is 1. The number of nitrogens with one attached hydrogen (secondary N) is 2. The first-order valence-electron chi connectivity index (χ1n) is 6.83. The molecule has 0 aliphatic carbocycles. The molecule has 0 atom stereocenters. The second-order valence-electron chi connectivity index (χ2n) is 4.83. The van der Waals surface area contributed by atoms with Crippen molar-refractivity contribution in [2.24, 2.45) is 0 Å². The summed E-state index contributed by atoms with van der Waals surface area (Å²) in [5, 5.41) is 2.84. The van der Waals surface area contributed by atoms with Crippen LogP contribution in [-0.4, -0.2) is 30.6 Å². The number of hydrogen-bond acceptors (Lipinski definition) is 4. The van der Waals surface area contributed by atoms with Crippen LogP contribution in [0.25, 0.3) is 0 Å². The maximum atomic E-state index is 11.8. The Bertz CT molecular complexity index is 651. The normalized spacial score (nSPS) is 13.0. The molecule has 0 spiro atoms. The van der Waals surface area contributed by atoms with Crippen LogP contribution in [0.2, 0.25) is 0 Å². The van der Waals surface area contributed by atoms with Crippen LogP contribution in [0, 0.1) is 0 Å². The summed E-state index contributed by atoms with van der Waals surface area (Å²) in [5.41, 5.74) is 7.67. The van der Waals surface area contributed by atoms with Crippen molar-refractivity contribution in [2.45, 2.75) is 6.42 Å². The number of aromatic nitrogens is 1. The molecule has 1 aliphatic rings. The van der Waals surface area contributed by atoms with Crippen molar-refractivity contribution in [1.29, 1.82) is 0 Å². The zero-order valence-corrected chi connectivity index (χ0v) is 11.5. The van der Waals surface area contributed by atoms with Crippen LogP contribution in [0.5, 0.6) is 11.5 Å². The van der Waals surface area contributed by atoms with Crippen molar-refractivity contribution in [3.63, 3.8) is 0 Å². The smallest absolute Gasteiger partial charge is 0.267 e. The van der Waals surface area contributed by atoms with Gasteiger partial charge in [0.1, 0.15) is 18.9 Å². The molecule has 0 radical (unpaired) electrons. The number of nitrogen functional groups attached to an aromatic ring is 1. The van der Waals surface area contributed by atoms with E-state index in [0.717, 1.165) is 23.5 Å². The van der Waals surface area contributed by atoms with E-state index in [1.54, 1.807) is 12.3 Å². The van der Waals surface area contributed by atoms with E-state index in [-0.39, 0.29) is 5.91 Å². The number of anilines is 1. The molecule has 0 bridgehead atoms. The maximum absolute atomic E-state index is 11.8. The number of aromatic amines is 1. The molecule has 1 amide bonds. The molecule has 1 aromatic carbocycles. The van der Waals surface area contributed by atoms with Gasteiger partial charge in [-0.25, -0.2) is 0 Å². The highest BCUT2D eigenvalue weighted by Crippen LogP contribution is 2.30. The standard InChI is InChI=1S/C15H17N3O3/c16-11-8-12(18-9-11)15(19)17-4-3-10-1-2-13-14(7-10)21-6-5-20-13/h1-2,7-9,18H,3-6,16H2,(H,17,19). The summed E-state index contributed by atoms with van der Waals surface area (Å²) in [5.74, 6) is 1.38. The van der Waals surface area contributed by atoms with Gasteiger partial charge in [-0.05, 0) is 30.2 Å². The third-order valence-corrected chi connectivity index (χ3v) is 3.26. The van der Waals surface area contributed by atoms with Gasteiger partial charge in [0.2, 0.25) is 0 Å². The summed E-state index contributed by atoms with van der Waals surface area (Å²) in [6, 6.07) is 7.44. The van der Waals surface area contributed by atoms with Crippen LogP contribution < -0.4 is 20.5 Å². The quantitative estimate of drug-likeness (QED) is 0.791. The van der Waals surface area contributed by atoms with E-state index in [9.17, 15) is 4.79 Å². The minimum Gasteiger partial charge on any atom is -0.486 e. The van der Waals surface area contributed by atoms with E-state index in [4.69, 9.17) is 15.2 Å². The first-order valence-corrected chi connectivity index (χ1v) is 6.83. The Balaban J connectivity index is 1.54. The third-order valence-electron chi connectivity index (χ3n) is 3.26. The highest BCUT2D eigenvalue weighted by atomic mass is 16.6. The second kappa shape index (κ2) is 5.78. The van der Waals surface area contributed by atoms with Crippen molar-refractivity contribution >= 4 is 11.6 Å². The van der Waals surface area contributed by atoms with Crippen molar-refractivity contribution in [2.75, 3.05) is 25.5 Å². The van der Waals surface area contributed by atoms with Gasteiger partial charge in [-0.1, -0.05) is 6.07 Å². The molecule has 1 aromatic heterocycles. The Morgan fingerprint density at radius 2 is 2.05 bits per heavy atom. The minimum absolute atomic E-state index is 0.163. The number of carbonyl (C=O) groups is 1. The Kier molecular flexibility index (Phi) is 3.68. The molecule has 0 unspecified atom stereocenters. The van der Waals surface area contributed by atoms with E-state index in [1.165, 1.54) is 0 Å². The number of benzene rings is 1. The number of fused-ring (bicyclic) bond motifs is 1. The predicted octanol–water partition coefficient (Wildman–Crippen LogP) is 1.34. The van der Waals surface area contributed by atoms with Gasteiger partial charge in [-0.15, -0.1) is 0 Å². The zero-order chi connectivity index (χ0) is 14.7. The number of hydrogen-bond donors (Lipinski definition) is 3. The number of nitrogens with two attached hydrogens (primary N) is 1. The van der Waals surface area contributed by atoms with Crippen molar-refractivity contribution in [3.8, 4) is 11.5 Å². The average molecular weight is 287 g/mol. The summed E-state index contributed by atoms with van der Waals surface area (Å²) < 4.78 is 11.0. The SMILES string of the molecule is Nc1c[nH]c(C(=O)NCCc2ccc3c(c2)OCCO3)c1. The summed E-state index contributed by atoms with van der Waals surface area (Å²) in [4.78, 5) is 14.7. The number of ether oxygens (including phenoxy) is 2. The van der Waals surface area contributed by atoms with Gasteiger partial charge in [0, 0.05) is 18.4 Å². The van der Waals surface area contributed by atoms with Crippen molar-refractivity contribution in [1.82, 2.24) is 10.3 Å². The number of amides is 1. The Labute approximate surface area is 122 Å². The third kappa shape index (κ3) is 3.10. The molecule has 1 aliphatic heterocycles. The molecule has 0 saturated heterocycles. The molecule has 4 N–H and O–H groups in total. The molecule has 6 nitrogen and oxygen atoms in total. The lowest BCUT2D eigenvalue weighted by atomic mass is 10.1. The van der Waals surface area contributed by atoms with Crippen LogP contribution in [0.3, 0.4) is 0 Å². The van der Waals surface area contributed by atoms with E-state index < -0.39 is 0 Å². The van der Waals surface area contributed by atoms with Gasteiger partial charge in [0.15, 0.2) is 11.5 Å².